The van der Waals surface area contributed by atoms with Crippen molar-refractivity contribution in [2.24, 2.45) is 0 Å². The molecule has 0 saturated heterocycles. The van der Waals surface area contributed by atoms with Gasteiger partial charge >= 0.3 is 5.97 Å². The smallest absolute Gasteiger partial charge is 0.344 e. The van der Waals surface area contributed by atoms with Crippen LogP contribution in [0.25, 0.3) is 27.9 Å². The highest BCUT2D eigenvalue weighted by Gasteiger charge is 2.26. The summed E-state index contributed by atoms with van der Waals surface area (Å²) in [4.78, 5) is 22.6. The minimum Gasteiger partial charge on any atom is -0.457 e. The molecule has 0 unspecified atom stereocenters. The van der Waals surface area contributed by atoms with Gasteiger partial charge in [-0.1, -0.05) is 64.5 Å². The minimum atomic E-state index is -0.537. The van der Waals surface area contributed by atoms with Crippen LogP contribution in [0, 0.1) is 0 Å². The largest absolute Gasteiger partial charge is 0.457 e. The highest BCUT2D eigenvalue weighted by atomic mass is 79.9. The fourth-order valence-corrected chi connectivity index (χ4v) is 3.92. The molecule has 0 aliphatic carbocycles. The lowest BCUT2D eigenvalue weighted by atomic mass is 10.2. The van der Waals surface area contributed by atoms with Gasteiger partial charge in [0.25, 0.3) is 0 Å². The Morgan fingerprint density at radius 2 is 1.65 bits per heavy atom. The molecule has 3 aromatic carbocycles. The van der Waals surface area contributed by atoms with Gasteiger partial charge < -0.3 is 10.5 Å². The van der Waals surface area contributed by atoms with Crippen LogP contribution in [0.1, 0.15) is 15.9 Å². The minimum absolute atomic E-state index is 0.143. The van der Waals surface area contributed by atoms with Gasteiger partial charge in [-0.3, -0.25) is 4.57 Å². The third-order valence-corrected chi connectivity index (χ3v) is 5.47. The zero-order valence-corrected chi connectivity index (χ0v) is 17.9. The Labute approximate surface area is 186 Å². The predicted molar refractivity (Wildman–Crippen MR) is 124 cm³/mol. The number of carbonyl (C=O) groups excluding carboxylic acids is 1. The quantitative estimate of drug-likeness (QED) is 0.360. The molecule has 152 valence electrons. The summed E-state index contributed by atoms with van der Waals surface area (Å²) in [5, 5.41) is 0. The van der Waals surface area contributed by atoms with E-state index in [0.717, 1.165) is 15.7 Å². The van der Waals surface area contributed by atoms with E-state index in [0.29, 0.717) is 22.2 Å². The summed E-state index contributed by atoms with van der Waals surface area (Å²) in [6.07, 6.45) is 0. The molecule has 2 heterocycles. The number of nitrogens with two attached hydrogens (primary N) is 1. The summed E-state index contributed by atoms with van der Waals surface area (Å²) in [5.74, 6) is -0.300. The first-order valence-corrected chi connectivity index (χ1v) is 10.4. The lowest BCUT2D eigenvalue weighted by Crippen LogP contribution is -2.09. The van der Waals surface area contributed by atoms with Gasteiger partial charge in [-0.25, -0.2) is 14.8 Å². The summed E-state index contributed by atoms with van der Waals surface area (Å²) < 4.78 is 8.20. The maximum atomic E-state index is 13.1. The summed E-state index contributed by atoms with van der Waals surface area (Å²) in [6.45, 7) is 0.143. The van der Waals surface area contributed by atoms with E-state index >= 15 is 0 Å². The van der Waals surface area contributed by atoms with E-state index in [1.807, 2.05) is 78.9 Å². The second-order valence-corrected chi connectivity index (χ2v) is 7.94. The van der Waals surface area contributed by atoms with Gasteiger partial charge in [0, 0.05) is 4.47 Å². The number of nitrogens with zero attached hydrogens (tertiary/aromatic N) is 3. The Hall–Kier alpha value is -3.71. The first-order chi connectivity index (χ1) is 15.1. The number of esters is 1. The lowest BCUT2D eigenvalue weighted by molar-refractivity contribution is 0.0476. The van der Waals surface area contributed by atoms with Crippen molar-refractivity contribution in [3.8, 4) is 5.69 Å². The Kier molecular flexibility index (Phi) is 4.88. The van der Waals surface area contributed by atoms with Gasteiger partial charge in [0.05, 0.1) is 16.7 Å². The molecule has 0 amide bonds. The molecule has 6 nitrogen and oxygen atoms in total. The number of fused-ring (bicyclic) bond motifs is 2. The Bertz CT molecular complexity index is 1430. The Morgan fingerprint density at radius 1 is 0.935 bits per heavy atom. The lowest BCUT2D eigenvalue weighted by Gasteiger charge is -2.08. The normalized spacial score (nSPS) is 11.1. The van der Waals surface area contributed by atoms with E-state index in [1.54, 1.807) is 4.57 Å². The van der Waals surface area contributed by atoms with Crippen molar-refractivity contribution in [3.05, 3.63) is 94.5 Å². The molecule has 0 spiro atoms. The third kappa shape index (κ3) is 3.53. The summed E-state index contributed by atoms with van der Waals surface area (Å²) in [5.41, 5.74) is 10.7. The molecule has 0 radical (unpaired) electrons. The first-order valence-electron chi connectivity index (χ1n) is 9.65. The number of aromatic nitrogens is 3. The molecule has 0 saturated carbocycles. The highest BCUT2D eigenvalue weighted by Crippen LogP contribution is 2.32. The summed E-state index contributed by atoms with van der Waals surface area (Å²) in [6, 6.07) is 24.6. The highest BCUT2D eigenvalue weighted by molar-refractivity contribution is 9.10. The van der Waals surface area contributed by atoms with Crippen molar-refractivity contribution in [3.63, 3.8) is 0 Å². The molecule has 0 fully saturated rings. The van der Waals surface area contributed by atoms with Gasteiger partial charge in [-0.15, -0.1) is 0 Å². The van der Waals surface area contributed by atoms with Crippen LogP contribution in [-0.4, -0.2) is 20.5 Å². The third-order valence-electron chi connectivity index (χ3n) is 4.98. The van der Waals surface area contributed by atoms with E-state index < -0.39 is 5.97 Å². The molecule has 5 rings (SSSR count). The topological polar surface area (TPSA) is 83.0 Å². The second kappa shape index (κ2) is 7.85. The standard InChI is InChI=1S/C24H17BrN4O2/c25-16-9-6-10-17(13-16)29-22(26)20(24(30)31-14-15-7-2-1-3-8-15)21-23(29)28-19-12-5-4-11-18(19)27-21/h1-13H,14,26H2. The van der Waals surface area contributed by atoms with Crippen molar-refractivity contribution in [1.82, 2.24) is 14.5 Å². The fourth-order valence-electron chi connectivity index (χ4n) is 3.53. The van der Waals surface area contributed by atoms with Crippen LogP contribution in [0.2, 0.25) is 0 Å². The number of halogens is 1. The molecule has 0 atom stereocenters. The maximum absolute atomic E-state index is 13.1. The number of ether oxygens (including phenoxy) is 1. The molecule has 7 heteroatoms. The zero-order chi connectivity index (χ0) is 21.4. The van der Waals surface area contributed by atoms with Gasteiger partial charge in [0.15, 0.2) is 5.65 Å². The van der Waals surface area contributed by atoms with Crippen molar-refractivity contribution in [2.75, 3.05) is 5.73 Å². The molecule has 0 aliphatic heterocycles. The molecule has 2 N–H and O–H groups in total. The predicted octanol–water partition coefficient (Wildman–Crippen LogP) is 5.28. The van der Waals surface area contributed by atoms with E-state index in [9.17, 15) is 4.79 Å². The Morgan fingerprint density at radius 3 is 2.39 bits per heavy atom. The number of anilines is 1. The van der Waals surface area contributed by atoms with Crippen LogP contribution in [0.15, 0.2) is 83.3 Å². The van der Waals surface area contributed by atoms with Gasteiger partial charge in [0.2, 0.25) is 0 Å². The average molecular weight is 473 g/mol. The molecule has 31 heavy (non-hydrogen) atoms. The monoisotopic (exact) mass is 472 g/mol. The summed E-state index contributed by atoms with van der Waals surface area (Å²) >= 11 is 3.49. The first kappa shape index (κ1) is 19.3. The fraction of sp³-hybridized carbons (Fsp3) is 0.0417. The van der Waals surface area contributed by atoms with Crippen LogP contribution in [-0.2, 0) is 11.3 Å². The number of nitrogen functional groups attached to an aromatic ring is 1. The number of para-hydroxylation sites is 2. The van der Waals surface area contributed by atoms with Crippen LogP contribution < -0.4 is 5.73 Å². The van der Waals surface area contributed by atoms with Gasteiger partial charge in [-0.05, 0) is 35.9 Å². The van der Waals surface area contributed by atoms with E-state index in [-0.39, 0.29) is 18.0 Å². The Balaban J connectivity index is 1.69. The number of hydrogen-bond donors (Lipinski definition) is 1. The van der Waals surface area contributed by atoms with Crippen molar-refractivity contribution in [1.29, 1.82) is 0 Å². The molecule has 0 aliphatic rings. The molecular formula is C24H17BrN4O2. The second-order valence-electron chi connectivity index (χ2n) is 7.02. The molecule has 2 aromatic heterocycles. The SMILES string of the molecule is Nc1c(C(=O)OCc2ccccc2)c2nc3ccccc3nc2n1-c1cccc(Br)c1. The summed E-state index contributed by atoms with van der Waals surface area (Å²) in [7, 11) is 0. The zero-order valence-electron chi connectivity index (χ0n) is 16.3. The van der Waals surface area contributed by atoms with Gasteiger partial charge in [0.1, 0.15) is 23.5 Å². The number of benzene rings is 3. The number of rotatable bonds is 4. The van der Waals surface area contributed by atoms with Crippen molar-refractivity contribution in [2.45, 2.75) is 6.61 Å². The molecule has 5 aromatic rings. The molecular weight excluding hydrogens is 456 g/mol. The van der Waals surface area contributed by atoms with Crippen LogP contribution in [0.5, 0.6) is 0 Å². The van der Waals surface area contributed by atoms with Crippen LogP contribution >= 0.6 is 15.9 Å². The maximum Gasteiger partial charge on any atom is 0.344 e. The van der Waals surface area contributed by atoms with Crippen molar-refractivity contribution < 1.29 is 9.53 Å². The molecule has 0 bridgehead atoms. The van der Waals surface area contributed by atoms with Crippen LogP contribution in [0.4, 0.5) is 5.82 Å². The van der Waals surface area contributed by atoms with E-state index in [1.165, 1.54) is 0 Å². The van der Waals surface area contributed by atoms with Gasteiger partial charge in [-0.2, -0.15) is 0 Å². The average Bonchev–Trinajstić information content (AvgIpc) is 3.07. The number of carbonyl (C=O) groups is 1. The number of hydrogen-bond acceptors (Lipinski definition) is 5. The van der Waals surface area contributed by atoms with Crippen molar-refractivity contribution >= 4 is 49.9 Å². The van der Waals surface area contributed by atoms with E-state index in [2.05, 4.69) is 15.9 Å². The van der Waals surface area contributed by atoms with Crippen LogP contribution in [0.3, 0.4) is 0 Å². The van der Waals surface area contributed by atoms with E-state index in [4.69, 9.17) is 20.4 Å².